The number of anilines is 1. The van der Waals surface area contributed by atoms with Crippen LogP contribution in [-0.4, -0.2) is 25.4 Å². The van der Waals surface area contributed by atoms with Gasteiger partial charge in [-0.05, 0) is 49.6 Å². The smallest absolute Gasteiger partial charge is 0.291 e. The van der Waals surface area contributed by atoms with Gasteiger partial charge in [0.1, 0.15) is 11.5 Å². The van der Waals surface area contributed by atoms with Gasteiger partial charge in [-0.3, -0.25) is 9.59 Å². The summed E-state index contributed by atoms with van der Waals surface area (Å²) in [6.07, 6.45) is 1.57. The highest BCUT2D eigenvalue weighted by molar-refractivity contribution is 6.40. The number of ketones is 1. The van der Waals surface area contributed by atoms with Gasteiger partial charge >= 0.3 is 0 Å². The number of hydrogen-bond acceptors (Lipinski definition) is 4. The molecule has 0 aliphatic heterocycles. The first-order valence-electron chi connectivity index (χ1n) is 8.32. The van der Waals surface area contributed by atoms with Crippen molar-refractivity contribution in [2.75, 3.05) is 19.0 Å². The minimum absolute atomic E-state index is 0.211. The van der Waals surface area contributed by atoms with E-state index in [0.717, 1.165) is 17.7 Å². The maximum Gasteiger partial charge on any atom is 0.291 e. The van der Waals surface area contributed by atoms with Gasteiger partial charge in [0, 0.05) is 18.2 Å². The Kier molecular flexibility index (Phi) is 7.01. The second-order valence-corrected chi connectivity index (χ2v) is 5.54. The number of nitrogens with one attached hydrogen (secondary N) is 1. The number of Topliss-reactive ketones (excluding diaryl/α,β-unsaturated/α-hetero) is 1. The van der Waals surface area contributed by atoms with Gasteiger partial charge in [-0.2, -0.15) is 0 Å². The third-order valence-electron chi connectivity index (χ3n) is 3.68. The zero-order chi connectivity index (χ0) is 18.1. The van der Waals surface area contributed by atoms with E-state index < -0.39 is 11.7 Å². The highest BCUT2D eigenvalue weighted by Crippen LogP contribution is 2.17. The number of hydrogen-bond donors (Lipinski definition) is 1. The van der Waals surface area contributed by atoms with Gasteiger partial charge in [0.05, 0.1) is 13.7 Å². The Hall–Kier alpha value is -2.82. The molecule has 0 aliphatic carbocycles. The molecule has 0 saturated carbocycles. The molecule has 1 N–H and O–H groups in total. The standard InChI is InChI=1S/C20H23NO4/c1-3-25-18-8-5-7-16(14-18)21-20(23)19(22)9-4-6-15-10-12-17(24-2)13-11-15/h5,7-8,10-14H,3-4,6,9H2,1-2H3,(H,21,23). The van der Waals surface area contributed by atoms with Crippen molar-refractivity contribution in [1.82, 2.24) is 0 Å². The molecule has 5 heteroatoms. The zero-order valence-corrected chi connectivity index (χ0v) is 14.6. The normalized spacial score (nSPS) is 10.2. The molecule has 132 valence electrons. The van der Waals surface area contributed by atoms with E-state index in [9.17, 15) is 9.59 Å². The number of aryl methyl sites for hydroxylation is 1. The van der Waals surface area contributed by atoms with Crippen molar-refractivity contribution in [2.24, 2.45) is 0 Å². The predicted molar refractivity (Wildman–Crippen MR) is 97.2 cm³/mol. The molecule has 0 fully saturated rings. The van der Waals surface area contributed by atoms with Crippen molar-refractivity contribution >= 4 is 17.4 Å². The molecule has 0 aliphatic rings. The number of carbonyl (C=O) groups excluding carboxylic acids is 2. The number of amides is 1. The molecule has 5 nitrogen and oxygen atoms in total. The van der Waals surface area contributed by atoms with Crippen LogP contribution < -0.4 is 14.8 Å². The number of carbonyl (C=O) groups is 2. The lowest BCUT2D eigenvalue weighted by Gasteiger charge is -2.07. The van der Waals surface area contributed by atoms with Crippen LogP contribution in [0.4, 0.5) is 5.69 Å². The molecule has 0 heterocycles. The lowest BCUT2D eigenvalue weighted by molar-refractivity contribution is -0.134. The van der Waals surface area contributed by atoms with Gasteiger partial charge in [0.25, 0.3) is 5.91 Å². The zero-order valence-electron chi connectivity index (χ0n) is 14.6. The summed E-state index contributed by atoms with van der Waals surface area (Å²) in [5.41, 5.74) is 1.66. The summed E-state index contributed by atoms with van der Waals surface area (Å²) in [5, 5.41) is 2.62. The largest absolute Gasteiger partial charge is 0.497 e. The van der Waals surface area contributed by atoms with Gasteiger partial charge in [-0.15, -0.1) is 0 Å². The van der Waals surface area contributed by atoms with Crippen molar-refractivity contribution in [3.05, 3.63) is 54.1 Å². The van der Waals surface area contributed by atoms with Crippen molar-refractivity contribution in [3.8, 4) is 11.5 Å². The first-order valence-corrected chi connectivity index (χ1v) is 8.32. The van der Waals surface area contributed by atoms with Crippen LogP contribution in [0.3, 0.4) is 0 Å². The maximum absolute atomic E-state index is 12.0. The third-order valence-corrected chi connectivity index (χ3v) is 3.68. The summed E-state index contributed by atoms with van der Waals surface area (Å²) < 4.78 is 10.5. The van der Waals surface area contributed by atoms with Gasteiger partial charge in [-0.1, -0.05) is 18.2 Å². The van der Waals surface area contributed by atoms with Crippen molar-refractivity contribution in [2.45, 2.75) is 26.2 Å². The number of ether oxygens (including phenoxy) is 2. The van der Waals surface area contributed by atoms with Crippen LogP contribution in [0, 0.1) is 0 Å². The summed E-state index contributed by atoms with van der Waals surface area (Å²) >= 11 is 0. The van der Waals surface area contributed by atoms with Gasteiger partial charge < -0.3 is 14.8 Å². The van der Waals surface area contributed by atoms with Crippen molar-refractivity contribution in [1.29, 1.82) is 0 Å². The van der Waals surface area contributed by atoms with Gasteiger partial charge in [0.2, 0.25) is 5.78 Å². The van der Waals surface area contributed by atoms with E-state index in [1.165, 1.54) is 0 Å². The molecule has 0 unspecified atom stereocenters. The fourth-order valence-corrected chi connectivity index (χ4v) is 2.39. The number of methoxy groups -OCH3 is 1. The van der Waals surface area contributed by atoms with Crippen LogP contribution in [0.2, 0.25) is 0 Å². The minimum atomic E-state index is -0.594. The number of rotatable bonds is 9. The van der Waals surface area contributed by atoms with E-state index in [2.05, 4.69) is 5.32 Å². The van der Waals surface area contributed by atoms with Gasteiger partial charge in [-0.25, -0.2) is 0 Å². The van der Waals surface area contributed by atoms with Crippen molar-refractivity contribution in [3.63, 3.8) is 0 Å². The molecule has 0 atom stereocenters. The molecule has 2 aromatic rings. The molecular formula is C20H23NO4. The Balaban J connectivity index is 1.79. The van der Waals surface area contributed by atoms with Crippen LogP contribution in [0.5, 0.6) is 11.5 Å². The van der Waals surface area contributed by atoms with E-state index in [-0.39, 0.29) is 6.42 Å². The van der Waals surface area contributed by atoms with Crippen LogP contribution in [0.25, 0.3) is 0 Å². The summed E-state index contributed by atoms with van der Waals surface area (Å²) in [4.78, 5) is 24.0. The summed E-state index contributed by atoms with van der Waals surface area (Å²) in [6.45, 7) is 2.43. The van der Waals surface area contributed by atoms with Crippen LogP contribution >= 0.6 is 0 Å². The topological polar surface area (TPSA) is 64.6 Å². The first kappa shape index (κ1) is 18.5. The van der Waals surface area contributed by atoms with E-state index in [4.69, 9.17) is 9.47 Å². The van der Waals surface area contributed by atoms with E-state index >= 15 is 0 Å². The lowest BCUT2D eigenvalue weighted by atomic mass is 10.1. The SMILES string of the molecule is CCOc1cccc(NC(=O)C(=O)CCCc2ccc(OC)cc2)c1. The Morgan fingerprint density at radius 1 is 1.04 bits per heavy atom. The molecule has 0 radical (unpaired) electrons. The van der Waals surface area contributed by atoms with Crippen molar-refractivity contribution < 1.29 is 19.1 Å². The molecule has 2 rings (SSSR count). The maximum atomic E-state index is 12.0. The summed E-state index contributed by atoms with van der Waals surface area (Å²) in [7, 11) is 1.62. The Morgan fingerprint density at radius 3 is 2.48 bits per heavy atom. The summed E-state index contributed by atoms with van der Waals surface area (Å²) in [5.74, 6) is 0.444. The average molecular weight is 341 g/mol. The molecule has 0 aromatic heterocycles. The van der Waals surface area contributed by atoms with Crippen LogP contribution in [-0.2, 0) is 16.0 Å². The fraction of sp³-hybridized carbons (Fsp3) is 0.300. The third kappa shape index (κ3) is 5.95. The monoisotopic (exact) mass is 341 g/mol. The molecule has 2 aromatic carbocycles. The Bertz CT molecular complexity index is 710. The van der Waals surface area contributed by atoms with Crippen LogP contribution in [0.15, 0.2) is 48.5 Å². The highest BCUT2D eigenvalue weighted by atomic mass is 16.5. The minimum Gasteiger partial charge on any atom is -0.497 e. The Labute approximate surface area is 148 Å². The molecule has 0 spiro atoms. The molecule has 1 amide bonds. The second-order valence-electron chi connectivity index (χ2n) is 5.54. The molecule has 0 bridgehead atoms. The van der Waals surface area contributed by atoms with E-state index in [1.54, 1.807) is 31.4 Å². The highest BCUT2D eigenvalue weighted by Gasteiger charge is 2.13. The molecular weight excluding hydrogens is 318 g/mol. The van der Waals surface area contributed by atoms with Gasteiger partial charge in [0.15, 0.2) is 0 Å². The van der Waals surface area contributed by atoms with Crippen LogP contribution in [0.1, 0.15) is 25.3 Å². The Morgan fingerprint density at radius 2 is 1.80 bits per heavy atom. The molecule has 0 saturated heterocycles. The first-order chi connectivity index (χ1) is 12.1. The van der Waals surface area contributed by atoms with E-state index in [1.807, 2.05) is 31.2 Å². The second kappa shape index (κ2) is 9.47. The summed E-state index contributed by atoms with van der Waals surface area (Å²) in [6, 6.07) is 14.7. The number of benzene rings is 2. The average Bonchev–Trinajstić information content (AvgIpc) is 2.62. The fourth-order valence-electron chi connectivity index (χ4n) is 2.39. The predicted octanol–water partition coefficient (Wildman–Crippen LogP) is 3.62. The molecule has 25 heavy (non-hydrogen) atoms. The van der Waals surface area contributed by atoms with E-state index in [0.29, 0.717) is 24.5 Å². The lowest BCUT2D eigenvalue weighted by Crippen LogP contribution is -2.22. The quantitative estimate of drug-likeness (QED) is 0.708.